The molecule has 0 aliphatic heterocycles. The Morgan fingerprint density at radius 2 is 1.40 bits per heavy atom. The van der Waals surface area contributed by atoms with E-state index in [2.05, 4.69) is 0 Å². The number of carbonyl (C=O) groups is 1. The van der Waals surface area contributed by atoms with E-state index in [1.165, 1.54) is 0 Å². The number of benzene rings is 2. The molecule has 2 aromatic rings. The predicted octanol–water partition coefficient (Wildman–Crippen LogP) is 3.19. The van der Waals surface area contributed by atoms with Gasteiger partial charge in [0.1, 0.15) is 12.6 Å². The molecule has 4 heteroatoms. The molecule has 0 radical (unpaired) electrons. The summed E-state index contributed by atoms with van der Waals surface area (Å²) in [6.45, 7) is 1.90. The first-order valence-corrected chi connectivity index (χ1v) is 6.16. The third kappa shape index (κ3) is 8.29. The topological polar surface area (TPSA) is 52.3 Å². The minimum atomic E-state index is -0.552. The van der Waals surface area contributed by atoms with Crippen LogP contribution in [0.25, 0.3) is 0 Å². The summed E-state index contributed by atoms with van der Waals surface area (Å²) >= 11 is 0. The zero-order chi connectivity index (χ0) is 13.9. The van der Waals surface area contributed by atoms with Crippen molar-refractivity contribution in [3.8, 4) is 0 Å². The number of ether oxygens (including phenoxy) is 1. The number of halogens is 1. The second kappa shape index (κ2) is 11.0. The van der Waals surface area contributed by atoms with Crippen molar-refractivity contribution in [3.63, 3.8) is 0 Å². The molecule has 3 nitrogen and oxygen atoms in total. The zero-order valence-corrected chi connectivity index (χ0v) is 12.3. The fourth-order valence-corrected chi connectivity index (χ4v) is 1.25. The lowest BCUT2D eigenvalue weighted by Crippen LogP contribution is -2.28. The van der Waals surface area contributed by atoms with Crippen LogP contribution >= 0.6 is 12.4 Å². The molecule has 0 heterocycles. The van der Waals surface area contributed by atoms with Gasteiger partial charge in [-0.3, -0.25) is 4.79 Å². The Morgan fingerprint density at radius 1 is 1.00 bits per heavy atom. The van der Waals surface area contributed by atoms with Crippen LogP contribution in [0.1, 0.15) is 12.5 Å². The highest BCUT2D eigenvalue weighted by Gasteiger charge is 2.07. The predicted molar refractivity (Wildman–Crippen MR) is 83.6 cm³/mol. The molecule has 108 valence electrons. The van der Waals surface area contributed by atoms with Crippen LogP contribution < -0.4 is 5.73 Å². The monoisotopic (exact) mass is 293 g/mol. The van der Waals surface area contributed by atoms with Crippen LogP contribution in [0.2, 0.25) is 0 Å². The number of hydrogen-bond donors (Lipinski definition) is 1. The number of esters is 1. The molecule has 0 fully saturated rings. The minimum absolute atomic E-state index is 0. The molecule has 2 N–H and O–H groups in total. The van der Waals surface area contributed by atoms with E-state index >= 15 is 0 Å². The Bertz CT molecular complexity index is 434. The molecule has 2 rings (SSSR count). The summed E-state index contributed by atoms with van der Waals surface area (Å²) in [5, 5.41) is 0. The smallest absolute Gasteiger partial charge is 0.322 e. The Morgan fingerprint density at radius 3 is 1.80 bits per heavy atom. The summed E-state index contributed by atoms with van der Waals surface area (Å²) in [4.78, 5) is 11.0. The van der Waals surface area contributed by atoms with Crippen LogP contribution in [0.5, 0.6) is 0 Å². The maximum Gasteiger partial charge on any atom is 0.322 e. The van der Waals surface area contributed by atoms with Crippen LogP contribution in [-0.4, -0.2) is 12.0 Å². The molecular formula is C16H20ClNO2. The summed E-state index contributed by atoms with van der Waals surface area (Å²) in [5.41, 5.74) is 6.29. The zero-order valence-electron chi connectivity index (χ0n) is 11.4. The lowest BCUT2D eigenvalue weighted by Gasteiger charge is -2.06. The van der Waals surface area contributed by atoms with Gasteiger partial charge >= 0.3 is 5.97 Å². The van der Waals surface area contributed by atoms with E-state index in [1.807, 2.05) is 66.7 Å². The molecule has 0 aliphatic carbocycles. The van der Waals surface area contributed by atoms with Crippen molar-refractivity contribution in [3.05, 3.63) is 72.3 Å². The molecule has 2 aromatic carbocycles. The van der Waals surface area contributed by atoms with E-state index < -0.39 is 6.04 Å². The van der Waals surface area contributed by atoms with Gasteiger partial charge in [-0.25, -0.2) is 0 Å². The standard InChI is InChI=1S/C10H13NO2.C6H6.ClH/c1-8(11)10(12)13-7-9-5-3-2-4-6-9;1-2-4-6-5-3-1;/h2-6,8H,7,11H2,1H3;1-6H;1H. The third-order valence-electron chi connectivity index (χ3n) is 2.26. The molecular weight excluding hydrogens is 274 g/mol. The summed E-state index contributed by atoms with van der Waals surface area (Å²) < 4.78 is 4.93. The van der Waals surface area contributed by atoms with Crippen molar-refractivity contribution in [2.75, 3.05) is 0 Å². The Hall–Kier alpha value is -1.84. The van der Waals surface area contributed by atoms with Gasteiger partial charge in [-0.1, -0.05) is 66.7 Å². The van der Waals surface area contributed by atoms with Crippen molar-refractivity contribution in [2.24, 2.45) is 5.73 Å². The van der Waals surface area contributed by atoms with Crippen LogP contribution in [0.4, 0.5) is 0 Å². The summed E-state index contributed by atoms with van der Waals surface area (Å²) in [5.74, 6) is -0.371. The van der Waals surface area contributed by atoms with Gasteiger partial charge < -0.3 is 10.5 Å². The normalized spacial score (nSPS) is 10.3. The average Bonchev–Trinajstić information content (AvgIpc) is 2.48. The molecule has 1 atom stereocenters. The SMILES string of the molecule is CC(N)C(=O)OCc1ccccc1.Cl.c1ccccc1. The lowest BCUT2D eigenvalue weighted by atomic mass is 10.2. The summed E-state index contributed by atoms with van der Waals surface area (Å²) in [6.07, 6.45) is 0. The van der Waals surface area contributed by atoms with Crippen molar-refractivity contribution in [2.45, 2.75) is 19.6 Å². The molecule has 0 saturated carbocycles. The molecule has 0 bridgehead atoms. The molecule has 0 saturated heterocycles. The van der Waals surface area contributed by atoms with Crippen molar-refractivity contribution >= 4 is 18.4 Å². The molecule has 0 amide bonds. The second-order valence-corrected chi connectivity index (χ2v) is 4.04. The number of rotatable bonds is 3. The number of nitrogens with two attached hydrogens (primary N) is 1. The first-order chi connectivity index (χ1) is 9.20. The quantitative estimate of drug-likeness (QED) is 0.884. The van der Waals surface area contributed by atoms with E-state index in [-0.39, 0.29) is 18.4 Å². The van der Waals surface area contributed by atoms with Gasteiger partial charge in [0.15, 0.2) is 0 Å². The van der Waals surface area contributed by atoms with Gasteiger partial charge in [-0.05, 0) is 12.5 Å². The Kier molecular flexibility index (Phi) is 10.0. The molecule has 0 aliphatic rings. The van der Waals surface area contributed by atoms with E-state index in [0.717, 1.165) is 5.56 Å². The van der Waals surface area contributed by atoms with Crippen molar-refractivity contribution in [1.29, 1.82) is 0 Å². The lowest BCUT2D eigenvalue weighted by molar-refractivity contribution is -0.146. The summed E-state index contributed by atoms with van der Waals surface area (Å²) in [6, 6.07) is 21.0. The van der Waals surface area contributed by atoms with Crippen LogP contribution in [-0.2, 0) is 16.1 Å². The molecule has 20 heavy (non-hydrogen) atoms. The fourth-order valence-electron chi connectivity index (χ4n) is 1.25. The van der Waals surface area contributed by atoms with Gasteiger partial charge in [-0.15, -0.1) is 12.4 Å². The molecule has 0 spiro atoms. The van der Waals surface area contributed by atoms with Crippen LogP contribution in [0.15, 0.2) is 66.7 Å². The largest absolute Gasteiger partial charge is 0.460 e. The molecule has 1 unspecified atom stereocenters. The van der Waals surface area contributed by atoms with Gasteiger partial charge in [0.2, 0.25) is 0 Å². The van der Waals surface area contributed by atoms with Gasteiger partial charge in [0.25, 0.3) is 0 Å². The summed E-state index contributed by atoms with van der Waals surface area (Å²) in [7, 11) is 0. The first kappa shape index (κ1) is 18.2. The highest BCUT2D eigenvalue weighted by atomic mass is 35.5. The van der Waals surface area contributed by atoms with E-state index in [4.69, 9.17) is 10.5 Å². The van der Waals surface area contributed by atoms with Crippen LogP contribution in [0, 0.1) is 0 Å². The Labute approximate surface area is 126 Å². The van der Waals surface area contributed by atoms with E-state index in [9.17, 15) is 4.79 Å². The molecule has 0 aromatic heterocycles. The van der Waals surface area contributed by atoms with E-state index in [1.54, 1.807) is 6.92 Å². The minimum Gasteiger partial charge on any atom is -0.460 e. The maximum absolute atomic E-state index is 11.0. The maximum atomic E-state index is 11.0. The third-order valence-corrected chi connectivity index (χ3v) is 2.26. The Balaban J connectivity index is 0.000000434. The van der Waals surface area contributed by atoms with Crippen molar-refractivity contribution in [1.82, 2.24) is 0 Å². The van der Waals surface area contributed by atoms with Gasteiger partial charge in [-0.2, -0.15) is 0 Å². The fraction of sp³-hybridized carbons (Fsp3) is 0.188. The first-order valence-electron chi connectivity index (χ1n) is 6.16. The highest BCUT2D eigenvalue weighted by molar-refractivity contribution is 5.85. The number of carbonyl (C=O) groups excluding carboxylic acids is 1. The average molecular weight is 294 g/mol. The number of hydrogen-bond acceptors (Lipinski definition) is 3. The van der Waals surface area contributed by atoms with Crippen molar-refractivity contribution < 1.29 is 9.53 Å². The highest BCUT2D eigenvalue weighted by Crippen LogP contribution is 2.00. The van der Waals surface area contributed by atoms with Crippen LogP contribution in [0.3, 0.4) is 0 Å². The second-order valence-electron chi connectivity index (χ2n) is 4.04. The van der Waals surface area contributed by atoms with Gasteiger partial charge in [0, 0.05) is 0 Å². The van der Waals surface area contributed by atoms with Gasteiger partial charge in [0.05, 0.1) is 0 Å². The van der Waals surface area contributed by atoms with E-state index in [0.29, 0.717) is 6.61 Å².